The maximum atomic E-state index is 12.4. The molecule has 1 aromatic carbocycles. The van der Waals surface area contributed by atoms with E-state index in [2.05, 4.69) is 41.2 Å². The smallest absolute Gasteiger partial charge is 0.264 e. The minimum Gasteiger partial charge on any atom is -0.334 e. The monoisotopic (exact) mass is 546 g/mol. The van der Waals surface area contributed by atoms with Crippen molar-refractivity contribution in [3.63, 3.8) is 0 Å². The van der Waals surface area contributed by atoms with E-state index in [1.165, 1.54) is 27.8 Å². The SMILES string of the molecule is C/C(=N\Nc1nnc(SCC(=O)Nc2nnc(SCc3ccccc3Cl)s2)n1N)c1ccncc1. The van der Waals surface area contributed by atoms with E-state index in [0.717, 1.165) is 32.9 Å². The van der Waals surface area contributed by atoms with Crippen LogP contribution >= 0.6 is 46.5 Å². The van der Waals surface area contributed by atoms with Crippen LogP contribution in [-0.2, 0) is 10.5 Å². The number of carbonyl (C=O) groups is 1. The number of thioether (sulfide) groups is 2. The van der Waals surface area contributed by atoms with Crippen LogP contribution in [0.3, 0.4) is 0 Å². The molecule has 0 aliphatic carbocycles. The quantitative estimate of drug-likeness (QED) is 0.0882. The van der Waals surface area contributed by atoms with Crippen molar-refractivity contribution in [1.82, 2.24) is 30.1 Å². The molecule has 180 valence electrons. The molecule has 0 radical (unpaired) electrons. The number of nitrogen functional groups attached to an aromatic ring is 1. The zero-order valence-corrected chi connectivity index (χ0v) is 21.5. The Labute approximate surface area is 218 Å². The van der Waals surface area contributed by atoms with Gasteiger partial charge in [-0.15, -0.1) is 20.4 Å². The highest BCUT2D eigenvalue weighted by molar-refractivity contribution is 8.00. The van der Waals surface area contributed by atoms with Crippen LogP contribution in [0.1, 0.15) is 18.1 Å². The van der Waals surface area contributed by atoms with Crippen LogP contribution < -0.4 is 16.6 Å². The van der Waals surface area contributed by atoms with Crippen molar-refractivity contribution in [3.8, 4) is 0 Å². The van der Waals surface area contributed by atoms with Crippen molar-refractivity contribution in [2.75, 3.05) is 22.3 Å². The van der Waals surface area contributed by atoms with Crippen molar-refractivity contribution < 1.29 is 4.79 Å². The highest BCUT2D eigenvalue weighted by atomic mass is 35.5. The summed E-state index contributed by atoms with van der Waals surface area (Å²) in [6.07, 6.45) is 3.36. The molecule has 1 amide bonds. The van der Waals surface area contributed by atoms with E-state index in [9.17, 15) is 4.79 Å². The Morgan fingerprint density at radius 3 is 2.74 bits per heavy atom. The average molecular weight is 547 g/mol. The van der Waals surface area contributed by atoms with Gasteiger partial charge in [-0.05, 0) is 30.7 Å². The number of hydrogen-bond acceptors (Lipinski definition) is 12. The van der Waals surface area contributed by atoms with Gasteiger partial charge in [-0.25, -0.2) is 10.1 Å². The molecule has 0 spiro atoms. The summed E-state index contributed by atoms with van der Waals surface area (Å²) in [7, 11) is 0. The maximum Gasteiger partial charge on any atom is 0.264 e. The van der Waals surface area contributed by atoms with Gasteiger partial charge in [-0.2, -0.15) is 5.10 Å². The second-order valence-electron chi connectivity index (χ2n) is 6.81. The lowest BCUT2D eigenvalue weighted by molar-refractivity contribution is -0.113. The minimum absolute atomic E-state index is 0.0658. The van der Waals surface area contributed by atoms with Gasteiger partial charge >= 0.3 is 0 Å². The molecule has 0 bridgehead atoms. The predicted molar refractivity (Wildman–Crippen MR) is 141 cm³/mol. The van der Waals surface area contributed by atoms with Crippen molar-refractivity contribution in [1.29, 1.82) is 0 Å². The average Bonchev–Trinajstić information content (AvgIpc) is 3.47. The third-order valence-electron chi connectivity index (χ3n) is 4.38. The highest BCUT2D eigenvalue weighted by Crippen LogP contribution is 2.30. The molecule has 4 N–H and O–H groups in total. The lowest BCUT2D eigenvalue weighted by Gasteiger charge is -2.04. The molecule has 35 heavy (non-hydrogen) atoms. The van der Waals surface area contributed by atoms with Crippen LogP contribution in [0.4, 0.5) is 11.1 Å². The summed E-state index contributed by atoms with van der Waals surface area (Å²) in [6.45, 7) is 1.84. The highest BCUT2D eigenvalue weighted by Gasteiger charge is 2.14. The second-order valence-corrected chi connectivity index (χ2v) is 10.4. The minimum atomic E-state index is -0.266. The summed E-state index contributed by atoms with van der Waals surface area (Å²) < 4.78 is 1.96. The van der Waals surface area contributed by atoms with Crippen molar-refractivity contribution in [2.45, 2.75) is 22.2 Å². The second kappa shape index (κ2) is 12.0. The Kier molecular flexibility index (Phi) is 8.52. The molecule has 15 heteroatoms. The lowest BCUT2D eigenvalue weighted by Crippen LogP contribution is -2.17. The van der Waals surface area contributed by atoms with Gasteiger partial charge < -0.3 is 5.84 Å². The molecule has 0 saturated carbocycles. The number of rotatable bonds is 10. The third kappa shape index (κ3) is 6.91. The van der Waals surface area contributed by atoms with E-state index >= 15 is 0 Å². The molecule has 0 unspecified atom stereocenters. The number of carbonyl (C=O) groups excluding carboxylic acids is 1. The zero-order valence-electron chi connectivity index (χ0n) is 18.3. The number of halogens is 1. The summed E-state index contributed by atoms with van der Waals surface area (Å²) in [6, 6.07) is 11.3. The predicted octanol–water partition coefficient (Wildman–Crippen LogP) is 3.75. The van der Waals surface area contributed by atoms with Crippen LogP contribution in [0, 0.1) is 0 Å². The number of anilines is 2. The Morgan fingerprint density at radius 1 is 1.14 bits per heavy atom. The van der Waals surface area contributed by atoms with Crippen LogP contribution in [0.25, 0.3) is 0 Å². The van der Waals surface area contributed by atoms with E-state index in [-0.39, 0.29) is 17.6 Å². The van der Waals surface area contributed by atoms with Crippen molar-refractivity contribution in [2.24, 2.45) is 5.10 Å². The number of amides is 1. The van der Waals surface area contributed by atoms with Gasteiger partial charge in [0.15, 0.2) is 4.34 Å². The zero-order chi connectivity index (χ0) is 24.6. The van der Waals surface area contributed by atoms with E-state index in [1.54, 1.807) is 12.4 Å². The number of hydrogen-bond donors (Lipinski definition) is 3. The van der Waals surface area contributed by atoms with Gasteiger partial charge in [-0.1, -0.05) is 64.7 Å². The topological polar surface area (TPSA) is 149 Å². The largest absolute Gasteiger partial charge is 0.334 e. The summed E-state index contributed by atoms with van der Waals surface area (Å²) >= 11 is 10.1. The first kappa shape index (κ1) is 24.9. The van der Waals surface area contributed by atoms with Gasteiger partial charge in [-0.3, -0.25) is 15.1 Å². The first-order valence-electron chi connectivity index (χ1n) is 10.0. The number of benzene rings is 1. The lowest BCUT2D eigenvalue weighted by atomic mass is 10.2. The van der Waals surface area contributed by atoms with E-state index in [4.69, 9.17) is 17.4 Å². The summed E-state index contributed by atoms with van der Waals surface area (Å²) in [5.74, 6) is 6.73. The summed E-state index contributed by atoms with van der Waals surface area (Å²) in [5, 5.41) is 24.6. The van der Waals surface area contributed by atoms with Crippen LogP contribution in [0.2, 0.25) is 5.02 Å². The molecule has 0 aliphatic heterocycles. The van der Waals surface area contributed by atoms with Crippen molar-refractivity contribution in [3.05, 3.63) is 64.9 Å². The molecule has 0 saturated heterocycles. The van der Waals surface area contributed by atoms with E-state index < -0.39 is 0 Å². The number of nitrogens with two attached hydrogens (primary N) is 1. The molecule has 0 fully saturated rings. The Morgan fingerprint density at radius 2 is 1.94 bits per heavy atom. The van der Waals surface area contributed by atoms with Gasteiger partial charge in [0.25, 0.3) is 5.95 Å². The number of aromatic nitrogens is 6. The fourth-order valence-electron chi connectivity index (χ4n) is 2.60. The first-order valence-corrected chi connectivity index (χ1v) is 13.2. The molecule has 3 aromatic heterocycles. The Bertz CT molecular complexity index is 1330. The van der Waals surface area contributed by atoms with Crippen LogP contribution in [0.15, 0.2) is 63.4 Å². The van der Waals surface area contributed by atoms with E-state index in [0.29, 0.717) is 21.1 Å². The molecular formula is C20H19ClN10OS3. The standard InChI is InChI=1S/C20H19ClN10OS3/c1-12(13-6-8-23-9-7-13)25-26-17-27-29-19(31(17)22)33-11-16(32)24-18-28-30-20(35-18)34-10-14-4-2-3-5-15(14)21/h2-9H,10-11,22H2,1H3,(H,26,27)(H,24,28,32)/b25-12+. The van der Waals surface area contributed by atoms with Gasteiger partial charge in [0, 0.05) is 28.7 Å². The van der Waals surface area contributed by atoms with E-state index in [1.807, 2.05) is 43.3 Å². The third-order valence-corrected chi connectivity index (χ3v) is 7.71. The molecule has 11 nitrogen and oxygen atoms in total. The Balaban J connectivity index is 1.26. The Hall–Kier alpha value is -3.20. The summed E-state index contributed by atoms with van der Waals surface area (Å²) in [5.41, 5.74) is 5.42. The van der Waals surface area contributed by atoms with Gasteiger partial charge in [0.2, 0.25) is 16.2 Å². The molecule has 4 rings (SSSR count). The number of nitrogens with zero attached hydrogens (tertiary/aromatic N) is 7. The summed E-state index contributed by atoms with van der Waals surface area (Å²) in [4.78, 5) is 16.3. The van der Waals surface area contributed by atoms with Gasteiger partial charge in [0.1, 0.15) is 0 Å². The molecule has 4 aromatic rings. The molecular weight excluding hydrogens is 528 g/mol. The van der Waals surface area contributed by atoms with Crippen molar-refractivity contribution >= 4 is 69.2 Å². The van der Waals surface area contributed by atoms with Crippen LogP contribution in [0.5, 0.6) is 0 Å². The van der Waals surface area contributed by atoms with Gasteiger partial charge in [0.05, 0.1) is 11.5 Å². The molecule has 3 heterocycles. The number of nitrogens with one attached hydrogen (secondary N) is 2. The first-order chi connectivity index (χ1) is 17.0. The number of hydrazone groups is 1. The fraction of sp³-hybridized carbons (Fsp3) is 0.150. The normalized spacial score (nSPS) is 11.4. The molecule has 0 atom stereocenters. The van der Waals surface area contributed by atoms with Crippen LogP contribution in [-0.4, -0.2) is 47.4 Å². The number of pyridine rings is 1. The maximum absolute atomic E-state index is 12.4. The fourth-order valence-corrected chi connectivity index (χ4v) is 5.31. The molecule has 0 aliphatic rings.